The Morgan fingerprint density at radius 1 is 1.29 bits per heavy atom. The van der Waals surface area contributed by atoms with Crippen LogP contribution in [0.3, 0.4) is 0 Å². The molecule has 3 nitrogen and oxygen atoms in total. The van der Waals surface area contributed by atoms with Crippen molar-refractivity contribution in [2.24, 2.45) is 0 Å². The average Bonchev–Trinajstić information content (AvgIpc) is 2.46. The number of hydrogen-bond donors (Lipinski definition) is 1. The second-order valence-electron chi connectivity index (χ2n) is 4.78. The molecule has 0 spiro atoms. The minimum Gasteiger partial charge on any atom is -0.478 e. The summed E-state index contributed by atoms with van der Waals surface area (Å²) in [7, 11) is 1.76. The standard InChI is InChI=1S/C16H15ClFNO2/c1-10(12-5-3-4-6-14(12)17)19(2)15-8-7-11(18)9-13(15)16(20)21/h3-10H,1-2H3,(H,20,21). The molecular formula is C16H15ClFNO2. The van der Waals surface area contributed by atoms with Gasteiger partial charge in [0.25, 0.3) is 0 Å². The van der Waals surface area contributed by atoms with E-state index in [2.05, 4.69) is 0 Å². The van der Waals surface area contributed by atoms with E-state index >= 15 is 0 Å². The summed E-state index contributed by atoms with van der Waals surface area (Å²) in [5.41, 5.74) is 1.25. The van der Waals surface area contributed by atoms with Crippen LogP contribution in [0.2, 0.25) is 5.02 Å². The number of carbonyl (C=O) groups is 1. The molecule has 1 unspecified atom stereocenters. The average molecular weight is 308 g/mol. The maximum absolute atomic E-state index is 13.3. The van der Waals surface area contributed by atoms with Gasteiger partial charge in [0.15, 0.2) is 0 Å². The number of nitrogens with zero attached hydrogens (tertiary/aromatic N) is 1. The Morgan fingerprint density at radius 2 is 1.95 bits per heavy atom. The van der Waals surface area contributed by atoms with Gasteiger partial charge in [-0.3, -0.25) is 0 Å². The highest BCUT2D eigenvalue weighted by atomic mass is 35.5. The first-order valence-corrected chi connectivity index (χ1v) is 6.79. The third kappa shape index (κ3) is 3.16. The molecule has 2 rings (SSSR count). The van der Waals surface area contributed by atoms with Crippen LogP contribution in [0, 0.1) is 5.82 Å². The molecule has 0 aliphatic heterocycles. The second kappa shape index (κ2) is 6.14. The summed E-state index contributed by atoms with van der Waals surface area (Å²) in [6.45, 7) is 1.91. The second-order valence-corrected chi connectivity index (χ2v) is 5.18. The first-order chi connectivity index (χ1) is 9.91. The molecule has 2 aromatic rings. The zero-order chi connectivity index (χ0) is 15.6. The normalized spacial score (nSPS) is 12.0. The third-order valence-corrected chi connectivity index (χ3v) is 3.85. The Morgan fingerprint density at radius 3 is 2.57 bits per heavy atom. The van der Waals surface area contributed by atoms with Gasteiger partial charge in [0.05, 0.1) is 17.3 Å². The summed E-state index contributed by atoms with van der Waals surface area (Å²) in [4.78, 5) is 13.1. The van der Waals surface area contributed by atoms with Gasteiger partial charge in [-0.15, -0.1) is 0 Å². The molecule has 0 fully saturated rings. The van der Waals surface area contributed by atoms with Crippen molar-refractivity contribution in [1.29, 1.82) is 0 Å². The van der Waals surface area contributed by atoms with Gasteiger partial charge in [-0.25, -0.2) is 9.18 Å². The van der Waals surface area contributed by atoms with Crippen molar-refractivity contribution >= 4 is 23.3 Å². The zero-order valence-electron chi connectivity index (χ0n) is 11.7. The summed E-state index contributed by atoms with van der Waals surface area (Å²) in [5, 5.41) is 9.83. The lowest BCUT2D eigenvalue weighted by Gasteiger charge is -2.29. The summed E-state index contributed by atoms with van der Waals surface area (Å²) in [5.74, 6) is -1.74. The molecule has 5 heteroatoms. The quantitative estimate of drug-likeness (QED) is 0.911. The Bertz CT molecular complexity index is 675. The van der Waals surface area contributed by atoms with Gasteiger partial charge >= 0.3 is 5.97 Å². The number of hydrogen-bond acceptors (Lipinski definition) is 2. The summed E-state index contributed by atoms with van der Waals surface area (Å²) >= 11 is 6.18. The van der Waals surface area contributed by atoms with Gasteiger partial charge in [0, 0.05) is 12.1 Å². The number of benzene rings is 2. The minimum absolute atomic E-state index is 0.0728. The Labute approximate surface area is 127 Å². The highest BCUT2D eigenvalue weighted by Crippen LogP contribution is 2.32. The largest absolute Gasteiger partial charge is 0.478 e. The topological polar surface area (TPSA) is 40.5 Å². The molecule has 0 amide bonds. The van der Waals surface area contributed by atoms with Gasteiger partial charge < -0.3 is 10.0 Å². The minimum atomic E-state index is -1.16. The van der Waals surface area contributed by atoms with Gasteiger partial charge in [-0.05, 0) is 36.8 Å². The van der Waals surface area contributed by atoms with Crippen LogP contribution in [-0.2, 0) is 0 Å². The van der Waals surface area contributed by atoms with Crippen LogP contribution < -0.4 is 4.90 Å². The molecule has 2 aromatic carbocycles. The maximum Gasteiger partial charge on any atom is 0.337 e. The van der Waals surface area contributed by atoms with E-state index in [0.29, 0.717) is 10.7 Å². The van der Waals surface area contributed by atoms with Crippen molar-refractivity contribution in [3.63, 3.8) is 0 Å². The number of anilines is 1. The molecule has 0 aliphatic carbocycles. The van der Waals surface area contributed by atoms with Crippen LogP contribution >= 0.6 is 11.6 Å². The lowest BCUT2D eigenvalue weighted by molar-refractivity contribution is 0.0697. The van der Waals surface area contributed by atoms with E-state index in [1.807, 2.05) is 25.1 Å². The smallest absolute Gasteiger partial charge is 0.337 e. The van der Waals surface area contributed by atoms with Crippen molar-refractivity contribution < 1.29 is 14.3 Å². The Kier molecular flexibility index (Phi) is 4.48. The van der Waals surface area contributed by atoms with E-state index < -0.39 is 11.8 Å². The molecule has 0 bridgehead atoms. The molecule has 21 heavy (non-hydrogen) atoms. The van der Waals surface area contributed by atoms with Gasteiger partial charge in [-0.1, -0.05) is 29.8 Å². The van der Waals surface area contributed by atoms with Crippen molar-refractivity contribution in [1.82, 2.24) is 0 Å². The lowest BCUT2D eigenvalue weighted by Crippen LogP contribution is -2.24. The fourth-order valence-electron chi connectivity index (χ4n) is 2.22. The maximum atomic E-state index is 13.3. The fraction of sp³-hybridized carbons (Fsp3) is 0.188. The zero-order valence-corrected chi connectivity index (χ0v) is 12.4. The highest BCUT2D eigenvalue weighted by Gasteiger charge is 2.20. The van der Waals surface area contributed by atoms with E-state index in [1.54, 1.807) is 18.0 Å². The molecule has 0 aromatic heterocycles. The molecule has 0 saturated carbocycles. The summed E-state index contributed by atoms with van der Waals surface area (Å²) < 4.78 is 13.3. The molecule has 0 heterocycles. The first kappa shape index (κ1) is 15.3. The van der Waals surface area contributed by atoms with E-state index in [0.717, 1.165) is 11.6 Å². The molecule has 1 N–H and O–H groups in total. The molecule has 0 radical (unpaired) electrons. The van der Waals surface area contributed by atoms with Crippen LogP contribution in [0.25, 0.3) is 0 Å². The van der Waals surface area contributed by atoms with Crippen molar-refractivity contribution in [3.05, 3.63) is 64.4 Å². The van der Waals surface area contributed by atoms with Crippen LogP contribution in [-0.4, -0.2) is 18.1 Å². The first-order valence-electron chi connectivity index (χ1n) is 6.42. The fourth-order valence-corrected chi connectivity index (χ4v) is 2.51. The van der Waals surface area contributed by atoms with Gasteiger partial charge in [0.1, 0.15) is 5.82 Å². The van der Waals surface area contributed by atoms with E-state index in [-0.39, 0.29) is 11.6 Å². The van der Waals surface area contributed by atoms with Crippen molar-refractivity contribution in [2.45, 2.75) is 13.0 Å². The predicted octanol–water partition coefficient (Wildman–Crippen LogP) is 4.37. The van der Waals surface area contributed by atoms with Crippen molar-refractivity contribution in [3.8, 4) is 0 Å². The third-order valence-electron chi connectivity index (χ3n) is 3.51. The number of carboxylic acid groups (broad SMARTS) is 1. The van der Waals surface area contributed by atoms with Gasteiger partial charge in [-0.2, -0.15) is 0 Å². The molecule has 0 saturated heterocycles. The number of halogens is 2. The van der Waals surface area contributed by atoms with Crippen LogP contribution in [0.1, 0.15) is 28.9 Å². The number of aromatic carboxylic acids is 1. The van der Waals surface area contributed by atoms with Crippen molar-refractivity contribution in [2.75, 3.05) is 11.9 Å². The monoisotopic (exact) mass is 307 g/mol. The highest BCUT2D eigenvalue weighted by molar-refractivity contribution is 6.31. The summed E-state index contributed by atoms with van der Waals surface area (Å²) in [6, 6.07) is 10.9. The van der Waals surface area contributed by atoms with Gasteiger partial charge in [0.2, 0.25) is 0 Å². The van der Waals surface area contributed by atoms with E-state index in [4.69, 9.17) is 11.6 Å². The van der Waals surface area contributed by atoms with Crippen LogP contribution in [0.15, 0.2) is 42.5 Å². The molecular weight excluding hydrogens is 293 g/mol. The molecule has 1 atom stereocenters. The number of carboxylic acids is 1. The lowest BCUT2D eigenvalue weighted by atomic mass is 10.0. The van der Waals surface area contributed by atoms with E-state index in [9.17, 15) is 14.3 Å². The van der Waals surface area contributed by atoms with Crippen LogP contribution in [0.5, 0.6) is 0 Å². The molecule has 0 aliphatic rings. The Balaban J connectivity index is 2.43. The van der Waals surface area contributed by atoms with Crippen LogP contribution in [0.4, 0.5) is 10.1 Å². The predicted molar refractivity (Wildman–Crippen MR) is 81.6 cm³/mol. The molecule has 110 valence electrons. The van der Waals surface area contributed by atoms with E-state index in [1.165, 1.54) is 12.1 Å². The number of rotatable bonds is 4. The summed E-state index contributed by atoms with van der Waals surface area (Å²) in [6.07, 6.45) is 0. The Hall–Kier alpha value is -2.07. The SMILES string of the molecule is CC(c1ccccc1Cl)N(C)c1ccc(F)cc1C(=O)O.